The molecule has 20 heavy (non-hydrogen) atoms. The van der Waals surface area contributed by atoms with Crippen LogP contribution in [0.5, 0.6) is 0 Å². The van der Waals surface area contributed by atoms with Gasteiger partial charge in [-0.2, -0.15) is 0 Å². The quantitative estimate of drug-likeness (QED) is 0.611. The molecule has 0 N–H and O–H groups in total. The van der Waals surface area contributed by atoms with Gasteiger partial charge in [0.1, 0.15) is 0 Å². The minimum Gasteiger partial charge on any atom is -0.233 e. The number of hydrogen-bond acceptors (Lipinski definition) is 6. The molecule has 3 rings (SSSR count). The fourth-order valence-corrected chi connectivity index (χ4v) is 20.0. The van der Waals surface area contributed by atoms with Gasteiger partial charge in [0.15, 0.2) is 11.1 Å². The van der Waals surface area contributed by atoms with Crippen molar-refractivity contribution in [2.45, 2.75) is 0 Å². The number of anilines is 2. The van der Waals surface area contributed by atoms with Crippen LogP contribution in [0.3, 0.4) is 0 Å². The SMILES string of the molecule is S=P1(S)N(c2ncccn2)P(=S)(S)N1c1ncccn1. The highest BCUT2D eigenvalue weighted by Crippen LogP contribution is 2.90. The van der Waals surface area contributed by atoms with E-state index in [9.17, 15) is 0 Å². The lowest BCUT2D eigenvalue weighted by atomic mass is 10.7. The van der Waals surface area contributed by atoms with Crippen LogP contribution in [0.1, 0.15) is 0 Å². The summed E-state index contributed by atoms with van der Waals surface area (Å²) >= 11 is 20.4. The molecule has 0 saturated carbocycles. The molecule has 1 saturated heterocycles. The van der Waals surface area contributed by atoms with E-state index >= 15 is 0 Å². The predicted molar refractivity (Wildman–Crippen MR) is 95.6 cm³/mol. The maximum atomic E-state index is 5.61. The van der Waals surface area contributed by atoms with Crippen LogP contribution in [0.4, 0.5) is 11.9 Å². The van der Waals surface area contributed by atoms with Crippen LogP contribution >= 0.6 is 35.6 Å². The number of hydrogen-bond donors (Lipinski definition) is 2. The third kappa shape index (κ3) is 2.19. The Labute approximate surface area is 136 Å². The fourth-order valence-electron chi connectivity index (χ4n) is 1.69. The molecule has 0 aromatic carbocycles. The Morgan fingerprint density at radius 2 is 1.05 bits per heavy atom. The Balaban J connectivity index is 2.07. The van der Waals surface area contributed by atoms with Gasteiger partial charge in [0.2, 0.25) is 11.9 Å². The molecule has 1 fully saturated rings. The molecular weight excluding hydrogens is 370 g/mol. The number of aromatic nitrogens is 4. The van der Waals surface area contributed by atoms with E-state index in [0.717, 1.165) is 0 Å². The van der Waals surface area contributed by atoms with Crippen molar-refractivity contribution in [2.24, 2.45) is 0 Å². The molecule has 6 nitrogen and oxygen atoms in total. The molecule has 1 aliphatic heterocycles. The first-order chi connectivity index (χ1) is 9.45. The van der Waals surface area contributed by atoms with Gasteiger partial charge in [-0.1, -0.05) is 24.5 Å². The van der Waals surface area contributed by atoms with Gasteiger partial charge >= 0.3 is 0 Å². The summed E-state index contributed by atoms with van der Waals surface area (Å²) in [5.41, 5.74) is -4.88. The van der Waals surface area contributed by atoms with Crippen molar-refractivity contribution in [3.63, 3.8) is 0 Å². The summed E-state index contributed by atoms with van der Waals surface area (Å²) in [6.07, 6.45) is 6.54. The van der Waals surface area contributed by atoms with Gasteiger partial charge < -0.3 is 0 Å². The van der Waals surface area contributed by atoms with Crippen molar-refractivity contribution in [3.05, 3.63) is 36.9 Å². The molecule has 0 bridgehead atoms. The first kappa shape index (κ1) is 14.7. The second-order valence-electron chi connectivity index (χ2n) is 3.70. The molecule has 2 aromatic rings. The number of nitrogens with zero attached hydrogens (tertiary/aromatic N) is 6. The van der Waals surface area contributed by atoms with E-state index in [1.165, 1.54) is 0 Å². The lowest BCUT2D eigenvalue weighted by Gasteiger charge is -2.56. The normalized spacial score (nSPS) is 29.1. The van der Waals surface area contributed by atoms with E-state index in [-0.39, 0.29) is 0 Å². The van der Waals surface area contributed by atoms with Gasteiger partial charge in [0, 0.05) is 24.8 Å². The van der Waals surface area contributed by atoms with Crippen LogP contribution in [0.15, 0.2) is 36.9 Å². The van der Waals surface area contributed by atoms with Crippen LogP contribution in [-0.2, 0) is 23.6 Å². The van der Waals surface area contributed by atoms with E-state index in [0.29, 0.717) is 11.9 Å². The molecule has 12 heteroatoms. The summed E-state index contributed by atoms with van der Waals surface area (Å²) in [5.74, 6) is 0.910. The van der Waals surface area contributed by atoms with Gasteiger partial charge in [-0.25, -0.2) is 28.8 Å². The number of rotatable bonds is 2. The van der Waals surface area contributed by atoms with Crippen LogP contribution in [0, 0.1) is 0 Å². The van der Waals surface area contributed by atoms with Crippen molar-refractivity contribution in [2.75, 3.05) is 8.88 Å². The first-order valence-corrected chi connectivity index (χ1v) is 13.0. The third-order valence-electron chi connectivity index (χ3n) is 2.45. The monoisotopic (exact) mass is 378 g/mol. The summed E-state index contributed by atoms with van der Waals surface area (Å²) < 4.78 is 3.51. The van der Waals surface area contributed by atoms with E-state index in [1.54, 1.807) is 45.8 Å². The zero-order chi connectivity index (χ0) is 14.4. The third-order valence-corrected chi connectivity index (χ3v) is 15.5. The maximum Gasteiger partial charge on any atom is 0.236 e. The number of thiol groups is 2. The van der Waals surface area contributed by atoms with Crippen molar-refractivity contribution in [3.8, 4) is 0 Å². The summed E-state index contributed by atoms with van der Waals surface area (Å²) in [5, 5.41) is 0. The maximum absolute atomic E-state index is 5.61. The molecule has 3 heterocycles. The Morgan fingerprint density at radius 1 is 0.750 bits per heavy atom. The highest BCUT2D eigenvalue weighted by molar-refractivity contribution is 8.80. The Hall–Kier alpha value is -0.240. The van der Waals surface area contributed by atoms with Gasteiger partial charge in [0.25, 0.3) is 0 Å². The van der Waals surface area contributed by atoms with Crippen LogP contribution in [0.2, 0.25) is 0 Å². The second-order valence-corrected chi connectivity index (χ2v) is 16.0. The average molecular weight is 378 g/mol. The summed E-state index contributed by atoms with van der Waals surface area (Å²) in [6, 6.07) is 3.46. The average Bonchev–Trinajstić information content (AvgIpc) is 2.39. The highest BCUT2D eigenvalue weighted by Gasteiger charge is 2.56. The van der Waals surface area contributed by atoms with Crippen LogP contribution < -0.4 is 8.88 Å². The molecular formula is C8H8N6P2S4. The summed E-state index contributed by atoms with van der Waals surface area (Å²) in [6.45, 7) is 0. The molecule has 2 aromatic heterocycles. The fraction of sp³-hybridized carbons (Fsp3) is 0. The minimum absolute atomic E-state index is 0.455. The molecule has 0 spiro atoms. The largest absolute Gasteiger partial charge is 0.236 e. The van der Waals surface area contributed by atoms with Gasteiger partial charge in [-0.15, -0.1) is 0 Å². The predicted octanol–water partition coefficient (Wildman–Crippen LogP) is 2.90. The van der Waals surface area contributed by atoms with Crippen molar-refractivity contribution in [1.29, 1.82) is 0 Å². The molecule has 0 radical (unpaired) electrons. The van der Waals surface area contributed by atoms with E-state index < -0.39 is 11.1 Å². The lowest BCUT2D eigenvalue weighted by Crippen LogP contribution is -2.39. The highest BCUT2D eigenvalue weighted by atomic mass is 32.9. The Morgan fingerprint density at radius 3 is 1.35 bits per heavy atom. The van der Waals surface area contributed by atoms with E-state index in [1.807, 2.05) is 0 Å². The van der Waals surface area contributed by atoms with E-state index in [2.05, 4.69) is 44.4 Å². The van der Waals surface area contributed by atoms with E-state index in [4.69, 9.17) is 23.6 Å². The summed E-state index contributed by atoms with van der Waals surface area (Å²) in [4.78, 5) is 16.8. The van der Waals surface area contributed by atoms with Crippen molar-refractivity contribution >= 4 is 71.1 Å². The smallest absolute Gasteiger partial charge is 0.233 e. The molecule has 1 aliphatic rings. The van der Waals surface area contributed by atoms with Crippen molar-refractivity contribution in [1.82, 2.24) is 19.9 Å². The van der Waals surface area contributed by atoms with Crippen LogP contribution in [0.25, 0.3) is 0 Å². The molecule has 0 atom stereocenters. The lowest BCUT2D eigenvalue weighted by molar-refractivity contribution is 1.11. The molecule has 0 unspecified atom stereocenters. The first-order valence-electron chi connectivity index (χ1n) is 5.27. The van der Waals surface area contributed by atoms with Crippen molar-refractivity contribution < 1.29 is 0 Å². The standard InChI is InChI=1S/C8H8N6P2S4/c17-15(18)13(7-9-3-1-4-10-7)16(19,20)14(15)8-11-5-2-6-12-8/h1-6H,(H,17,18)(H,19,20). The topological polar surface area (TPSA) is 58.0 Å². The Bertz CT molecular complexity index is 649. The van der Waals surface area contributed by atoms with Gasteiger partial charge in [-0.05, 0) is 35.7 Å². The molecule has 0 aliphatic carbocycles. The minimum atomic E-state index is -2.44. The Kier molecular flexibility index (Phi) is 3.81. The van der Waals surface area contributed by atoms with Crippen LogP contribution in [-0.4, -0.2) is 19.9 Å². The molecule has 104 valence electrons. The zero-order valence-electron chi connectivity index (χ0n) is 9.75. The second kappa shape index (κ2) is 5.19. The molecule has 0 amide bonds. The summed E-state index contributed by atoms with van der Waals surface area (Å²) in [7, 11) is 0. The zero-order valence-corrected chi connectivity index (χ0v) is 15.0. The van der Waals surface area contributed by atoms with Gasteiger partial charge in [0.05, 0.1) is 0 Å². The van der Waals surface area contributed by atoms with Gasteiger partial charge in [-0.3, -0.25) is 0 Å².